The number of carbonyl (C=O) groups is 3. The van der Waals surface area contributed by atoms with Gasteiger partial charge in [-0.25, -0.2) is 0 Å². The first-order valence-electron chi connectivity index (χ1n) is 10.8. The molecule has 164 valence electrons. The van der Waals surface area contributed by atoms with Crippen molar-refractivity contribution in [3.63, 3.8) is 0 Å². The Morgan fingerprint density at radius 3 is 2.60 bits per heavy atom. The average molecular weight is 434 g/mol. The zero-order valence-electron chi connectivity index (χ0n) is 17.9. The van der Waals surface area contributed by atoms with Crippen LogP contribution in [-0.2, 0) is 14.4 Å². The van der Waals surface area contributed by atoms with Gasteiger partial charge >= 0.3 is 0 Å². The van der Waals surface area contributed by atoms with Gasteiger partial charge in [0.1, 0.15) is 6.04 Å². The summed E-state index contributed by atoms with van der Waals surface area (Å²) in [6, 6.07) is -0.589. The minimum atomic E-state index is -0.732. The van der Waals surface area contributed by atoms with E-state index < -0.39 is 22.6 Å². The van der Waals surface area contributed by atoms with E-state index in [1.165, 1.54) is 0 Å². The summed E-state index contributed by atoms with van der Waals surface area (Å²) in [5.74, 6) is -1.16. The third kappa shape index (κ3) is 3.11. The highest BCUT2D eigenvalue weighted by Gasteiger charge is 2.70. The van der Waals surface area contributed by atoms with Crippen LogP contribution in [0.5, 0.6) is 0 Å². The molecule has 0 aromatic rings. The summed E-state index contributed by atoms with van der Waals surface area (Å²) in [4.78, 5) is 45.9. The Hall–Kier alpha value is -1.80. The molecule has 0 bridgehead atoms. The third-order valence-electron chi connectivity index (χ3n) is 6.82. The molecule has 5 atom stereocenters. The molecule has 0 aromatic heterocycles. The lowest BCUT2D eigenvalue weighted by atomic mass is 9.78. The maximum absolute atomic E-state index is 13.7. The lowest BCUT2D eigenvalue weighted by Gasteiger charge is -2.36. The zero-order valence-corrected chi connectivity index (χ0v) is 18.7. The normalized spacial score (nSPS) is 35.6. The molecule has 1 spiro atoms. The second kappa shape index (κ2) is 8.04. The smallest absolute Gasteiger partial charge is 0.247 e. The van der Waals surface area contributed by atoms with Crippen molar-refractivity contribution in [2.45, 2.75) is 48.8 Å². The van der Waals surface area contributed by atoms with Crippen molar-refractivity contribution >= 4 is 29.5 Å². The molecule has 1 unspecified atom stereocenters. The molecule has 0 radical (unpaired) electrons. The van der Waals surface area contributed by atoms with Crippen molar-refractivity contribution in [2.75, 3.05) is 33.3 Å². The van der Waals surface area contributed by atoms with Gasteiger partial charge < -0.3 is 19.8 Å². The fourth-order valence-electron chi connectivity index (χ4n) is 5.38. The van der Waals surface area contributed by atoms with Gasteiger partial charge in [-0.3, -0.25) is 14.4 Å². The lowest BCUT2D eigenvalue weighted by molar-refractivity contribution is -0.144. The van der Waals surface area contributed by atoms with Crippen LogP contribution in [-0.4, -0.2) is 92.9 Å². The molecule has 7 nitrogen and oxygen atoms in total. The molecule has 2 saturated heterocycles. The molecule has 0 aliphatic carbocycles. The van der Waals surface area contributed by atoms with E-state index in [1.807, 2.05) is 43.1 Å². The molecule has 30 heavy (non-hydrogen) atoms. The van der Waals surface area contributed by atoms with Crippen LogP contribution >= 0.6 is 11.8 Å². The van der Waals surface area contributed by atoms with Gasteiger partial charge in [0.2, 0.25) is 17.7 Å². The molecular weight excluding hydrogens is 402 g/mol. The van der Waals surface area contributed by atoms with Crippen LogP contribution in [0.25, 0.3) is 0 Å². The first-order valence-corrected chi connectivity index (χ1v) is 11.7. The Morgan fingerprint density at radius 2 is 1.90 bits per heavy atom. The highest BCUT2D eigenvalue weighted by atomic mass is 32.2. The van der Waals surface area contributed by atoms with Crippen LogP contribution in [0, 0.1) is 11.8 Å². The Bertz CT molecular complexity index is 797. The van der Waals surface area contributed by atoms with Crippen LogP contribution in [0.1, 0.15) is 26.7 Å². The second-order valence-corrected chi connectivity index (χ2v) is 10.4. The van der Waals surface area contributed by atoms with E-state index >= 15 is 0 Å². The van der Waals surface area contributed by atoms with Crippen molar-refractivity contribution < 1.29 is 19.5 Å². The Labute approximate surface area is 182 Å². The number of likely N-dealkylation sites (N-methyl/N-ethyl adjacent to an activating group) is 1. The molecule has 4 heterocycles. The first kappa shape index (κ1) is 21.4. The average Bonchev–Trinajstić information content (AvgIpc) is 3.01. The minimum Gasteiger partial charge on any atom is -0.396 e. The van der Waals surface area contributed by atoms with Gasteiger partial charge in [-0.15, -0.1) is 11.8 Å². The van der Waals surface area contributed by atoms with E-state index in [9.17, 15) is 19.5 Å². The molecule has 2 fully saturated rings. The van der Waals surface area contributed by atoms with Crippen molar-refractivity contribution in [1.82, 2.24) is 14.7 Å². The molecule has 0 aromatic carbocycles. The molecule has 1 N–H and O–H groups in total. The van der Waals surface area contributed by atoms with Gasteiger partial charge in [0.25, 0.3) is 0 Å². The number of thioether (sulfide) groups is 1. The maximum Gasteiger partial charge on any atom is 0.247 e. The quantitative estimate of drug-likeness (QED) is 0.515. The van der Waals surface area contributed by atoms with Crippen LogP contribution < -0.4 is 0 Å². The highest BCUT2D eigenvalue weighted by Crippen LogP contribution is 2.61. The highest BCUT2D eigenvalue weighted by molar-refractivity contribution is 8.02. The summed E-state index contributed by atoms with van der Waals surface area (Å²) >= 11 is 1.61. The van der Waals surface area contributed by atoms with Crippen LogP contribution in [0.15, 0.2) is 24.3 Å². The number of amides is 3. The number of nitrogens with zero attached hydrogens (tertiary/aromatic N) is 3. The third-order valence-corrected chi connectivity index (χ3v) is 8.57. The molecule has 4 aliphatic rings. The Morgan fingerprint density at radius 1 is 1.13 bits per heavy atom. The van der Waals surface area contributed by atoms with E-state index in [2.05, 4.69) is 0 Å². The van der Waals surface area contributed by atoms with Crippen molar-refractivity contribution in [3.8, 4) is 0 Å². The van der Waals surface area contributed by atoms with Gasteiger partial charge in [0.05, 0.1) is 16.6 Å². The van der Waals surface area contributed by atoms with Gasteiger partial charge in [-0.2, -0.15) is 0 Å². The molecule has 4 rings (SSSR count). The van der Waals surface area contributed by atoms with Gasteiger partial charge in [-0.1, -0.05) is 24.3 Å². The largest absolute Gasteiger partial charge is 0.396 e. The van der Waals surface area contributed by atoms with Crippen molar-refractivity contribution in [2.24, 2.45) is 11.8 Å². The SMILES string of the molecule is CC(C)N1CC=C[C@]23S[C@@H]4C=CCN(C)C(=O)[C@@H]4[C@H]2C(=O)N(CCCCO)C3C1=O. The van der Waals surface area contributed by atoms with Crippen molar-refractivity contribution in [1.29, 1.82) is 0 Å². The Kier molecular flexibility index (Phi) is 5.74. The van der Waals surface area contributed by atoms with Crippen LogP contribution in [0.3, 0.4) is 0 Å². The number of carbonyl (C=O) groups excluding carboxylic acids is 3. The summed E-state index contributed by atoms with van der Waals surface area (Å²) < 4.78 is -0.732. The number of aliphatic hydroxyl groups is 1. The van der Waals surface area contributed by atoms with E-state index in [4.69, 9.17) is 0 Å². The molecular formula is C22H31N3O4S. The maximum atomic E-state index is 13.7. The lowest BCUT2D eigenvalue weighted by Crippen LogP contribution is -2.54. The zero-order chi connectivity index (χ0) is 21.6. The number of hydrogen-bond acceptors (Lipinski definition) is 5. The monoisotopic (exact) mass is 433 g/mol. The number of hydrogen-bond donors (Lipinski definition) is 1. The fraction of sp³-hybridized carbons (Fsp3) is 0.682. The van der Waals surface area contributed by atoms with E-state index in [0.29, 0.717) is 32.5 Å². The number of unbranched alkanes of at least 4 members (excludes halogenated alkanes) is 1. The summed E-state index contributed by atoms with van der Waals surface area (Å²) in [5.41, 5.74) is 0. The van der Waals surface area contributed by atoms with Crippen LogP contribution in [0.4, 0.5) is 0 Å². The summed E-state index contributed by atoms with van der Waals surface area (Å²) in [6.45, 7) is 5.51. The van der Waals surface area contributed by atoms with Gasteiger partial charge in [0.15, 0.2) is 0 Å². The summed E-state index contributed by atoms with van der Waals surface area (Å²) in [7, 11) is 1.77. The van der Waals surface area contributed by atoms with Crippen molar-refractivity contribution in [3.05, 3.63) is 24.3 Å². The number of fused-ring (bicyclic) bond motifs is 2. The predicted molar refractivity (Wildman–Crippen MR) is 116 cm³/mol. The van der Waals surface area contributed by atoms with Gasteiger partial charge in [0, 0.05) is 44.6 Å². The standard InChI is InChI=1S/C22H31N3O4S/c1-14(2)24-12-7-9-22-17(16-15(30-22)8-6-10-23(3)19(16)27)20(28)25(11-4-5-13-26)18(22)21(24)29/h6-9,14-18,26H,4-5,10-13H2,1-3H3/t15-,16+,17+,18?,22+/m1/s1. The molecule has 0 saturated carbocycles. The topological polar surface area (TPSA) is 81.2 Å². The van der Waals surface area contributed by atoms with E-state index in [-0.39, 0.29) is 35.6 Å². The summed E-state index contributed by atoms with van der Waals surface area (Å²) in [5, 5.41) is 9.10. The summed E-state index contributed by atoms with van der Waals surface area (Å²) in [6.07, 6.45) is 9.31. The van der Waals surface area contributed by atoms with Gasteiger partial charge in [-0.05, 0) is 26.7 Å². The van der Waals surface area contributed by atoms with Crippen LogP contribution in [0.2, 0.25) is 0 Å². The van der Waals surface area contributed by atoms with E-state index in [0.717, 1.165) is 0 Å². The second-order valence-electron chi connectivity index (χ2n) is 8.94. The molecule has 4 aliphatic heterocycles. The predicted octanol–water partition coefficient (Wildman–Crippen LogP) is 0.891. The minimum absolute atomic E-state index is 0.0190. The fourth-order valence-corrected chi connectivity index (χ4v) is 7.39. The Balaban J connectivity index is 1.80. The number of rotatable bonds is 5. The molecule has 3 amide bonds. The number of aliphatic hydroxyl groups excluding tert-OH is 1. The first-order chi connectivity index (χ1) is 14.3. The number of likely N-dealkylation sites (tertiary alicyclic amines) is 1. The van der Waals surface area contributed by atoms with E-state index in [1.54, 1.807) is 28.6 Å². The molecule has 8 heteroatoms.